The third kappa shape index (κ3) is 6.04. The second-order valence-corrected chi connectivity index (χ2v) is 8.21. The zero-order valence-electron chi connectivity index (χ0n) is 17.1. The minimum atomic E-state index is -0.583. The summed E-state index contributed by atoms with van der Waals surface area (Å²) in [5.41, 5.74) is 2.01. The quantitative estimate of drug-likeness (QED) is 0.393. The molecule has 8 nitrogen and oxygen atoms in total. The van der Waals surface area contributed by atoms with Crippen LogP contribution in [-0.2, 0) is 23.9 Å². The van der Waals surface area contributed by atoms with E-state index in [0.29, 0.717) is 31.5 Å². The third-order valence-corrected chi connectivity index (χ3v) is 5.21. The molecular weight excluding hydrogens is 548 g/mol. The number of carbonyl (C=O) groups excluding carboxylic acids is 3. The summed E-state index contributed by atoms with van der Waals surface area (Å²) in [5.74, 6) is -0.637. The first-order valence-electron chi connectivity index (χ1n) is 9.45. The van der Waals surface area contributed by atoms with Crippen molar-refractivity contribution in [2.24, 2.45) is 4.99 Å². The number of halogens is 2. The van der Waals surface area contributed by atoms with Gasteiger partial charge < -0.3 is 19.5 Å². The van der Waals surface area contributed by atoms with Gasteiger partial charge in [-0.05, 0) is 86.8 Å². The zero-order chi connectivity index (χ0) is 23.3. The molecule has 1 aliphatic rings. The molecule has 1 heterocycles. The molecule has 0 fully saturated rings. The predicted octanol–water partition coefficient (Wildman–Crippen LogP) is 4.46. The maximum absolute atomic E-state index is 12.3. The first kappa shape index (κ1) is 23.7. The molecule has 1 N–H and O–H groups in total. The number of ether oxygens (including phenoxy) is 3. The minimum absolute atomic E-state index is 0.130. The topological polar surface area (TPSA) is 103 Å². The van der Waals surface area contributed by atoms with E-state index in [0.717, 1.165) is 0 Å². The maximum Gasteiger partial charge on any atom is 0.363 e. The van der Waals surface area contributed by atoms with Gasteiger partial charge in [0, 0.05) is 18.2 Å². The van der Waals surface area contributed by atoms with Crippen LogP contribution in [0.25, 0.3) is 6.08 Å². The minimum Gasteiger partial charge on any atom is -0.480 e. The van der Waals surface area contributed by atoms with E-state index in [-0.39, 0.29) is 30.7 Å². The Labute approximate surface area is 200 Å². The summed E-state index contributed by atoms with van der Waals surface area (Å²) in [6.45, 7) is 3.18. The number of cyclic esters (lactones) is 1. The van der Waals surface area contributed by atoms with Gasteiger partial charge in [0.25, 0.3) is 0 Å². The number of aliphatic imine (C=N–C) groups is 1. The normalized spacial score (nSPS) is 14.1. The van der Waals surface area contributed by atoms with Crippen molar-refractivity contribution in [3.8, 4) is 5.75 Å². The Bertz CT molecular complexity index is 1100. The molecule has 0 unspecified atom stereocenters. The summed E-state index contributed by atoms with van der Waals surface area (Å²) in [6, 6.07) is 10.2. The summed E-state index contributed by atoms with van der Waals surface area (Å²) in [5, 5.41) is 2.67. The Morgan fingerprint density at radius 2 is 1.81 bits per heavy atom. The third-order valence-electron chi connectivity index (χ3n) is 4.04. The monoisotopic (exact) mass is 564 g/mol. The number of nitrogens with one attached hydrogen (secondary N) is 1. The van der Waals surface area contributed by atoms with Gasteiger partial charge in [0.2, 0.25) is 11.8 Å². The lowest BCUT2D eigenvalue weighted by Gasteiger charge is -2.10. The van der Waals surface area contributed by atoms with Gasteiger partial charge in [-0.2, -0.15) is 0 Å². The molecule has 0 bridgehead atoms. The molecule has 166 valence electrons. The van der Waals surface area contributed by atoms with Crippen molar-refractivity contribution in [2.45, 2.75) is 13.8 Å². The molecule has 1 amide bonds. The fourth-order valence-corrected chi connectivity index (χ4v) is 4.18. The molecule has 3 rings (SSSR count). The lowest BCUT2D eigenvalue weighted by atomic mass is 10.2. The molecular formula is C22H18Br2N2O6. The predicted molar refractivity (Wildman–Crippen MR) is 125 cm³/mol. The summed E-state index contributed by atoms with van der Waals surface area (Å²) in [4.78, 5) is 39.2. The number of anilines is 1. The van der Waals surface area contributed by atoms with E-state index in [1.807, 2.05) is 0 Å². The molecule has 0 atom stereocenters. The number of hydrogen-bond acceptors (Lipinski definition) is 7. The van der Waals surface area contributed by atoms with Gasteiger partial charge in [-0.1, -0.05) is 0 Å². The van der Waals surface area contributed by atoms with E-state index in [9.17, 15) is 14.4 Å². The lowest BCUT2D eigenvalue weighted by molar-refractivity contribution is -0.145. The van der Waals surface area contributed by atoms with Crippen molar-refractivity contribution in [2.75, 3.05) is 18.5 Å². The highest BCUT2D eigenvalue weighted by Crippen LogP contribution is 2.36. The fourth-order valence-electron chi connectivity index (χ4n) is 2.72. The largest absolute Gasteiger partial charge is 0.480 e. The van der Waals surface area contributed by atoms with Crippen LogP contribution in [0.2, 0.25) is 0 Å². The van der Waals surface area contributed by atoms with Gasteiger partial charge >= 0.3 is 11.9 Å². The smallest absolute Gasteiger partial charge is 0.363 e. The number of carbonyl (C=O) groups is 3. The highest BCUT2D eigenvalue weighted by atomic mass is 79.9. The van der Waals surface area contributed by atoms with E-state index in [4.69, 9.17) is 14.2 Å². The van der Waals surface area contributed by atoms with Crippen molar-refractivity contribution >= 4 is 67.4 Å². The van der Waals surface area contributed by atoms with Gasteiger partial charge in [-0.25, -0.2) is 14.6 Å². The van der Waals surface area contributed by atoms with Crippen LogP contribution in [0.4, 0.5) is 5.69 Å². The first-order valence-corrected chi connectivity index (χ1v) is 11.0. The van der Waals surface area contributed by atoms with Gasteiger partial charge in [-0.3, -0.25) is 4.79 Å². The van der Waals surface area contributed by atoms with Crippen molar-refractivity contribution in [1.29, 1.82) is 0 Å². The lowest BCUT2D eigenvalue weighted by Crippen LogP contribution is -2.15. The second kappa shape index (κ2) is 10.6. The molecule has 0 aliphatic carbocycles. The number of hydrogen-bond donors (Lipinski definition) is 1. The molecule has 0 saturated heterocycles. The Kier molecular flexibility index (Phi) is 7.81. The van der Waals surface area contributed by atoms with E-state index in [1.165, 1.54) is 6.92 Å². The van der Waals surface area contributed by atoms with Crippen LogP contribution in [0.1, 0.15) is 25.0 Å². The average molecular weight is 566 g/mol. The van der Waals surface area contributed by atoms with E-state index in [1.54, 1.807) is 49.4 Å². The second-order valence-electron chi connectivity index (χ2n) is 6.50. The molecule has 2 aromatic rings. The van der Waals surface area contributed by atoms with Gasteiger partial charge in [0.05, 0.1) is 15.6 Å². The molecule has 1 aliphatic heterocycles. The summed E-state index contributed by atoms with van der Waals surface area (Å²) in [6.07, 6.45) is 1.58. The van der Waals surface area contributed by atoms with Crippen molar-refractivity contribution in [3.63, 3.8) is 0 Å². The van der Waals surface area contributed by atoms with Crippen LogP contribution in [-0.4, -0.2) is 37.0 Å². The molecule has 2 aromatic carbocycles. The zero-order valence-corrected chi connectivity index (χ0v) is 20.3. The van der Waals surface area contributed by atoms with Crippen LogP contribution < -0.4 is 10.1 Å². The summed E-state index contributed by atoms with van der Waals surface area (Å²) < 4.78 is 16.8. The Balaban J connectivity index is 1.78. The summed E-state index contributed by atoms with van der Waals surface area (Å²) in [7, 11) is 0. The van der Waals surface area contributed by atoms with Crippen LogP contribution in [0.15, 0.2) is 56.0 Å². The average Bonchev–Trinajstić information content (AvgIpc) is 3.08. The van der Waals surface area contributed by atoms with Crippen molar-refractivity contribution < 1.29 is 28.6 Å². The molecule has 0 aromatic heterocycles. The number of amides is 1. The van der Waals surface area contributed by atoms with Crippen LogP contribution >= 0.6 is 31.9 Å². The molecule has 0 spiro atoms. The molecule has 32 heavy (non-hydrogen) atoms. The number of benzene rings is 2. The van der Waals surface area contributed by atoms with Gasteiger partial charge in [0.15, 0.2) is 12.3 Å². The number of rotatable bonds is 7. The fraction of sp³-hybridized carbons (Fsp3) is 0.182. The van der Waals surface area contributed by atoms with Crippen LogP contribution in [0, 0.1) is 0 Å². The van der Waals surface area contributed by atoms with Crippen molar-refractivity contribution in [1.82, 2.24) is 0 Å². The van der Waals surface area contributed by atoms with Gasteiger partial charge in [-0.15, -0.1) is 0 Å². The Morgan fingerprint density at radius 3 is 2.41 bits per heavy atom. The highest BCUT2D eigenvalue weighted by Gasteiger charge is 2.24. The van der Waals surface area contributed by atoms with Gasteiger partial charge in [0.1, 0.15) is 5.75 Å². The van der Waals surface area contributed by atoms with Crippen LogP contribution in [0.3, 0.4) is 0 Å². The first-order chi connectivity index (χ1) is 15.3. The maximum atomic E-state index is 12.3. The standard InChI is InChI=1S/C22H18Br2N2O6/c1-3-30-19(28)11-31-20-16(23)8-13(9-17(20)24)10-18-22(29)32-21(26-18)14-4-6-15(7-5-14)25-12(2)27/h4-10H,3,11H2,1-2H3,(H,25,27)/b18-10-. The molecule has 10 heteroatoms. The van der Waals surface area contributed by atoms with E-state index >= 15 is 0 Å². The van der Waals surface area contributed by atoms with E-state index in [2.05, 4.69) is 42.2 Å². The Morgan fingerprint density at radius 1 is 1.16 bits per heavy atom. The highest BCUT2D eigenvalue weighted by molar-refractivity contribution is 9.11. The SMILES string of the molecule is CCOC(=O)COc1c(Br)cc(/C=C2\N=C(c3ccc(NC(C)=O)cc3)OC2=O)cc1Br. The number of esters is 2. The number of nitrogens with zero attached hydrogens (tertiary/aromatic N) is 1. The van der Waals surface area contributed by atoms with Crippen molar-refractivity contribution in [3.05, 3.63) is 62.2 Å². The van der Waals surface area contributed by atoms with E-state index < -0.39 is 11.9 Å². The molecule has 0 radical (unpaired) electrons. The molecule has 0 saturated carbocycles. The van der Waals surface area contributed by atoms with Crippen LogP contribution in [0.5, 0.6) is 5.75 Å². The Hall–Kier alpha value is -2.98. The summed E-state index contributed by atoms with van der Waals surface area (Å²) >= 11 is 6.81.